The topological polar surface area (TPSA) is 78.1 Å². The van der Waals surface area contributed by atoms with Crippen molar-refractivity contribution in [3.05, 3.63) is 11.9 Å². The van der Waals surface area contributed by atoms with Crippen molar-refractivity contribution in [2.24, 2.45) is 5.92 Å². The average molecular weight is 300 g/mol. The molecule has 1 saturated heterocycles. The van der Waals surface area contributed by atoms with Crippen LogP contribution in [0.15, 0.2) is 11.1 Å². The number of hydrogen-bond acceptors (Lipinski definition) is 4. The summed E-state index contributed by atoms with van der Waals surface area (Å²) in [5, 5.41) is 9.99. The number of H-pyrrole nitrogens is 1. The molecule has 2 heterocycles. The molecule has 6 nitrogen and oxygen atoms in total. The van der Waals surface area contributed by atoms with Gasteiger partial charge in [-0.25, -0.2) is 8.42 Å². The number of nitrogens with zero attached hydrogens (tertiary/aromatic N) is 2. The molecule has 1 aromatic heterocycles. The molecule has 2 unspecified atom stereocenters. The Labute approximate surface area is 121 Å². The van der Waals surface area contributed by atoms with Gasteiger partial charge >= 0.3 is 0 Å². The Balaban J connectivity index is 2.17. The van der Waals surface area contributed by atoms with Crippen LogP contribution in [0.1, 0.15) is 32.4 Å². The second-order valence-electron chi connectivity index (χ2n) is 5.34. The fourth-order valence-electron chi connectivity index (χ4n) is 2.90. The summed E-state index contributed by atoms with van der Waals surface area (Å²) in [7, 11) is -3.42. The normalized spacial score (nSPS) is 24.9. The highest BCUT2D eigenvalue weighted by atomic mass is 32.2. The third-order valence-corrected chi connectivity index (χ3v) is 6.07. The lowest BCUT2D eigenvalue weighted by Gasteiger charge is -2.37. The molecule has 0 amide bonds. The van der Waals surface area contributed by atoms with E-state index in [2.05, 4.69) is 29.4 Å². The van der Waals surface area contributed by atoms with E-state index >= 15 is 0 Å². The molecule has 0 aliphatic carbocycles. The van der Waals surface area contributed by atoms with Gasteiger partial charge in [0.05, 0.1) is 11.9 Å². The van der Waals surface area contributed by atoms with Gasteiger partial charge in [0.2, 0.25) is 10.0 Å². The minimum absolute atomic E-state index is 0.300. The van der Waals surface area contributed by atoms with Crippen molar-refractivity contribution in [3.8, 4) is 0 Å². The lowest BCUT2D eigenvalue weighted by Crippen LogP contribution is -2.50. The minimum Gasteiger partial charge on any atom is -0.314 e. The van der Waals surface area contributed by atoms with Gasteiger partial charge in [0.15, 0.2) is 0 Å². The van der Waals surface area contributed by atoms with Gasteiger partial charge in [-0.2, -0.15) is 9.40 Å². The number of aromatic amines is 1. The molecule has 1 fully saturated rings. The summed E-state index contributed by atoms with van der Waals surface area (Å²) in [6.45, 7) is 8.03. The summed E-state index contributed by atoms with van der Waals surface area (Å²) < 4.78 is 26.9. The zero-order valence-electron chi connectivity index (χ0n) is 12.4. The molecular weight excluding hydrogens is 276 g/mol. The molecule has 0 spiro atoms. The van der Waals surface area contributed by atoms with Crippen LogP contribution in [-0.4, -0.2) is 48.6 Å². The number of hydrogen-bond donors (Lipinski definition) is 2. The Kier molecular flexibility index (Phi) is 4.82. The monoisotopic (exact) mass is 300 g/mol. The van der Waals surface area contributed by atoms with E-state index in [-0.39, 0.29) is 0 Å². The lowest BCUT2D eigenvalue weighted by molar-refractivity contribution is 0.204. The zero-order chi connectivity index (χ0) is 14.8. The van der Waals surface area contributed by atoms with Crippen molar-refractivity contribution in [1.82, 2.24) is 19.8 Å². The van der Waals surface area contributed by atoms with Crippen molar-refractivity contribution in [3.63, 3.8) is 0 Å². The predicted molar refractivity (Wildman–Crippen MR) is 77.9 cm³/mol. The lowest BCUT2D eigenvalue weighted by atomic mass is 9.91. The SMILES string of the molecule is CCNC1CCN(S(=O)(=O)c2cn[nH]c2C)CC1CC. The van der Waals surface area contributed by atoms with Gasteiger partial charge in [0, 0.05) is 19.1 Å². The van der Waals surface area contributed by atoms with Gasteiger partial charge < -0.3 is 5.32 Å². The van der Waals surface area contributed by atoms with Crippen LogP contribution in [0.2, 0.25) is 0 Å². The maximum absolute atomic E-state index is 12.6. The summed E-state index contributed by atoms with van der Waals surface area (Å²) in [6.07, 6.45) is 3.25. The largest absolute Gasteiger partial charge is 0.314 e. The number of aromatic nitrogens is 2. The van der Waals surface area contributed by atoms with Crippen LogP contribution >= 0.6 is 0 Å². The molecule has 0 radical (unpaired) electrons. The van der Waals surface area contributed by atoms with Crippen molar-refractivity contribution < 1.29 is 8.42 Å². The molecule has 114 valence electrons. The fraction of sp³-hybridized carbons (Fsp3) is 0.769. The summed E-state index contributed by atoms with van der Waals surface area (Å²) in [5.41, 5.74) is 0.604. The van der Waals surface area contributed by atoms with Crippen molar-refractivity contribution in [2.75, 3.05) is 19.6 Å². The highest BCUT2D eigenvalue weighted by Crippen LogP contribution is 2.26. The first-order valence-corrected chi connectivity index (χ1v) is 8.68. The molecule has 1 aliphatic rings. The van der Waals surface area contributed by atoms with Gasteiger partial charge in [0.1, 0.15) is 4.90 Å². The summed E-state index contributed by atoms with van der Waals surface area (Å²) in [6, 6.07) is 0.418. The van der Waals surface area contributed by atoms with E-state index in [0.29, 0.717) is 35.6 Å². The van der Waals surface area contributed by atoms with Gasteiger partial charge in [-0.3, -0.25) is 5.10 Å². The molecule has 2 N–H and O–H groups in total. The quantitative estimate of drug-likeness (QED) is 0.854. The first-order valence-electron chi connectivity index (χ1n) is 7.24. The zero-order valence-corrected chi connectivity index (χ0v) is 13.2. The number of rotatable bonds is 5. The molecule has 1 aromatic rings. The number of piperidine rings is 1. The first-order chi connectivity index (χ1) is 9.50. The molecule has 0 bridgehead atoms. The van der Waals surface area contributed by atoms with Crippen LogP contribution in [0.25, 0.3) is 0 Å². The van der Waals surface area contributed by atoms with Crippen molar-refractivity contribution in [2.45, 2.75) is 44.6 Å². The third-order valence-electron chi connectivity index (χ3n) is 4.09. The second kappa shape index (κ2) is 6.24. The molecular formula is C13H24N4O2S. The van der Waals surface area contributed by atoms with Gasteiger partial charge in [-0.15, -0.1) is 0 Å². The van der Waals surface area contributed by atoms with Crippen LogP contribution < -0.4 is 5.32 Å². The maximum atomic E-state index is 12.6. The maximum Gasteiger partial charge on any atom is 0.246 e. The Morgan fingerprint density at radius 3 is 2.80 bits per heavy atom. The number of nitrogens with one attached hydrogen (secondary N) is 2. The van der Waals surface area contributed by atoms with Crippen LogP contribution in [0, 0.1) is 12.8 Å². The second-order valence-corrected chi connectivity index (χ2v) is 7.25. The molecule has 20 heavy (non-hydrogen) atoms. The van der Waals surface area contributed by atoms with Crippen LogP contribution in [-0.2, 0) is 10.0 Å². The first kappa shape index (κ1) is 15.5. The van der Waals surface area contributed by atoms with E-state index in [1.807, 2.05) is 0 Å². The van der Waals surface area contributed by atoms with E-state index in [1.165, 1.54) is 6.20 Å². The standard InChI is InChI=1S/C13H24N4O2S/c1-4-11-9-17(7-6-12(11)14-5-2)20(18,19)13-8-15-16-10(13)3/h8,11-12,14H,4-7,9H2,1-3H3,(H,15,16). The average Bonchev–Trinajstić information content (AvgIpc) is 2.86. The Morgan fingerprint density at radius 1 is 1.50 bits per heavy atom. The molecule has 0 aromatic carbocycles. The Morgan fingerprint density at radius 2 is 2.25 bits per heavy atom. The minimum atomic E-state index is -3.42. The van der Waals surface area contributed by atoms with Gasteiger partial charge in [-0.1, -0.05) is 20.3 Å². The van der Waals surface area contributed by atoms with E-state index in [9.17, 15) is 8.42 Å². The smallest absolute Gasteiger partial charge is 0.246 e. The fourth-order valence-corrected chi connectivity index (χ4v) is 4.53. The van der Waals surface area contributed by atoms with Crippen LogP contribution in [0.3, 0.4) is 0 Å². The Hall–Kier alpha value is -0.920. The van der Waals surface area contributed by atoms with E-state index in [0.717, 1.165) is 19.4 Å². The van der Waals surface area contributed by atoms with Crippen molar-refractivity contribution in [1.29, 1.82) is 0 Å². The molecule has 0 saturated carbocycles. The van der Waals surface area contributed by atoms with Crippen LogP contribution in [0.5, 0.6) is 0 Å². The number of aryl methyl sites for hydroxylation is 1. The molecule has 7 heteroatoms. The number of sulfonamides is 1. The molecule has 2 atom stereocenters. The predicted octanol–water partition coefficient (Wildman–Crippen LogP) is 1.12. The third kappa shape index (κ3) is 2.89. The molecule has 1 aliphatic heterocycles. The highest BCUT2D eigenvalue weighted by Gasteiger charge is 2.35. The van der Waals surface area contributed by atoms with Crippen molar-refractivity contribution >= 4 is 10.0 Å². The highest BCUT2D eigenvalue weighted by molar-refractivity contribution is 7.89. The van der Waals surface area contributed by atoms with Crippen LogP contribution in [0.4, 0.5) is 0 Å². The van der Waals surface area contributed by atoms with Gasteiger partial charge in [0.25, 0.3) is 0 Å². The summed E-state index contributed by atoms with van der Waals surface area (Å²) in [4.78, 5) is 0.300. The summed E-state index contributed by atoms with van der Waals surface area (Å²) in [5.74, 6) is 0.366. The van der Waals surface area contributed by atoms with Gasteiger partial charge in [-0.05, 0) is 25.8 Å². The Bertz CT molecular complexity index is 540. The molecule has 2 rings (SSSR count). The van der Waals surface area contributed by atoms with E-state index in [4.69, 9.17) is 0 Å². The summed E-state index contributed by atoms with van der Waals surface area (Å²) >= 11 is 0. The van der Waals surface area contributed by atoms with E-state index < -0.39 is 10.0 Å². The van der Waals surface area contributed by atoms with E-state index in [1.54, 1.807) is 11.2 Å².